The molecule has 1 aromatic heterocycles. The van der Waals surface area contributed by atoms with Crippen molar-refractivity contribution in [2.45, 2.75) is 71.6 Å². The molecule has 1 saturated carbocycles. The van der Waals surface area contributed by atoms with E-state index in [1.165, 1.54) is 51.6 Å². The van der Waals surface area contributed by atoms with Gasteiger partial charge in [-0.1, -0.05) is 56.7 Å². The number of nitrogens with one attached hydrogen (secondary N) is 1. The van der Waals surface area contributed by atoms with Crippen LogP contribution in [0.5, 0.6) is 0 Å². The number of amides is 2. The second-order valence-corrected chi connectivity index (χ2v) is 14.2. The Hall–Kier alpha value is -4.84. The van der Waals surface area contributed by atoms with Crippen LogP contribution in [0.4, 0.5) is 11.4 Å². The van der Waals surface area contributed by atoms with Gasteiger partial charge in [-0.15, -0.1) is 0 Å². The summed E-state index contributed by atoms with van der Waals surface area (Å²) in [6.45, 7) is 8.48. The molecule has 286 valence electrons. The lowest BCUT2D eigenvalue weighted by molar-refractivity contribution is -0.129. The maximum atomic E-state index is 13.2. The fourth-order valence-corrected chi connectivity index (χ4v) is 7.60. The van der Waals surface area contributed by atoms with Crippen LogP contribution in [-0.2, 0) is 14.4 Å². The number of carbonyl (C=O) groups is 5. The first-order valence-corrected chi connectivity index (χ1v) is 19.1. The molecule has 9 rings (SSSR count). The number of para-hydroxylation sites is 2. The molecular weight excluding hydrogens is 681 g/mol. The molecule has 1 aliphatic carbocycles. The number of Topliss-reactive ketones (excluding diaryl/α,β-unsaturated/α-hetero) is 3. The first-order valence-electron chi connectivity index (χ1n) is 19.1. The molecular formula is C43H54N6O5. The zero-order chi connectivity index (χ0) is 37.2. The highest BCUT2D eigenvalue weighted by Gasteiger charge is 2.32. The van der Waals surface area contributed by atoms with E-state index >= 15 is 0 Å². The average molecular weight is 735 g/mol. The number of piperidine rings is 2. The minimum Gasteiger partial charge on any atom is -0.329 e. The Kier molecular flexibility index (Phi) is 14.6. The summed E-state index contributed by atoms with van der Waals surface area (Å²) in [5, 5.41) is 4.44. The average Bonchev–Trinajstić information content (AvgIpc) is 3.64. The normalized spacial score (nSPS) is 18.1. The lowest BCUT2D eigenvalue weighted by Crippen LogP contribution is -2.39. The Labute approximate surface area is 318 Å². The van der Waals surface area contributed by atoms with E-state index in [4.69, 9.17) is 10.7 Å². The van der Waals surface area contributed by atoms with Crippen molar-refractivity contribution in [2.75, 3.05) is 62.6 Å². The third kappa shape index (κ3) is 9.82. The number of aromatic nitrogens is 1. The molecule has 54 heavy (non-hydrogen) atoms. The molecule has 0 radical (unpaired) electrons. The third-order valence-corrected chi connectivity index (χ3v) is 10.3. The number of nitrogens with two attached hydrogens (primary N) is 1. The van der Waals surface area contributed by atoms with Crippen LogP contribution in [0.2, 0.25) is 0 Å². The number of nitrogens with zero attached hydrogens (tertiary/aromatic N) is 4. The van der Waals surface area contributed by atoms with E-state index in [0.29, 0.717) is 24.1 Å². The minimum absolute atomic E-state index is 0. The molecule has 0 spiro atoms. The van der Waals surface area contributed by atoms with Gasteiger partial charge in [-0.25, -0.2) is 4.98 Å². The van der Waals surface area contributed by atoms with Gasteiger partial charge >= 0.3 is 0 Å². The number of likely N-dealkylation sites (tertiary alicyclic amines) is 2. The van der Waals surface area contributed by atoms with E-state index in [1.54, 1.807) is 24.3 Å². The summed E-state index contributed by atoms with van der Waals surface area (Å²) in [7, 11) is 0. The number of benzene rings is 3. The summed E-state index contributed by atoms with van der Waals surface area (Å²) in [5.41, 5.74) is 10.2. The third-order valence-electron chi connectivity index (χ3n) is 10.3. The predicted molar refractivity (Wildman–Crippen MR) is 215 cm³/mol. The number of ketones is 3. The maximum absolute atomic E-state index is 13.2. The highest BCUT2D eigenvalue weighted by Crippen LogP contribution is 2.40. The zero-order valence-corrected chi connectivity index (χ0v) is 30.5. The molecule has 5 aliphatic rings. The molecule has 11 heteroatoms. The fraction of sp³-hybridized carbons (Fsp3) is 0.442. The van der Waals surface area contributed by atoms with Crippen LogP contribution < -0.4 is 16.0 Å². The Morgan fingerprint density at radius 1 is 0.648 bits per heavy atom. The van der Waals surface area contributed by atoms with Crippen molar-refractivity contribution >= 4 is 62.3 Å². The number of hydrogen-bond donors (Lipinski definition) is 2. The van der Waals surface area contributed by atoms with E-state index in [9.17, 15) is 24.0 Å². The van der Waals surface area contributed by atoms with Crippen LogP contribution in [0.15, 0.2) is 66.7 Å². The van der Waals surface area contributed by atoms with E-state index in [2.05, 4.69) is 21.2 Å². The van der Waals surface area contributed by atoms with Crippen molar-refractivity contribution in [3.8, 4) is 0 Å². The summed E-state index contributed by atoms with van der Waals surface area (Å²) in [5.74, 6) is -0.629. The molecule has 5 heterocycles. The highest BCUT2D eigenvalue weighted by atomic mass is 16.2. The zero-order valence-electron chi connectivity index (χ0n) is 30.5. The van der Waals surface area contributed by atoms with Crippen molar-refractivity contribution in [1.29, 1.82) is 0 Å². The van der Waals surface area contributed by atoms with Gasteiger partial charge in [0.05, 0.1) is 40.0 Å². The first-order chi connectivity index (χ1) is 25.8. The maximum Gasteiger partial charge on any atom is 0.296 e. The fourth-order valence-electron chi connectivity index (χ4n) is 7.60. The molecule has 2 saturated heterocycles. The molecule has 4 aliphatic heterocycles. The van der Waals surface area contributed by atoms with Gasteiger partial charge in [0, 0.05) is 49.8 Å². The SMILES string of the molecule is C.NCCN1CCCCC1.O=C1CCCC(=O)C1.O=C1Nc2ccccc2C1=O.O=C1c2c3ccccc3nc3cccc(c23)N1CCN1CCCCC1. The lowest BCUT2D eigenvalue weighted by atomic mass is 9.98. The molecule has 3 N–H and O–H groups in total. The minimum atomic E-state index is -0.536. The Balaban J connectivity index is 0.000000160. The molecule has 2 amide bonds. The van der Waals surface area contributed by atoms with Crippen LogP contribution in [0.3, 0.4) is 0 Å². The van der Waals surface area contributed by atoms with Crippen molar-refractivity contribution < 1.29 is 24.0 Å². The predicted octanol–water partition coefficient (Wildman–Crippen LogP) is 6.42. The number of carbonyl (C=O) groups excluding carboxylic acids is 5. The van der Waals surface area contributed by atoms with Crippen molar-refractivity contribution in [2.24, 2.45) is 5.73 Å². The standard InChI is InChI=1S/C21H21N3O.C8H5NO2.C7H16N2.C6H8O2.CH4/c25-21-19-15-7-2-3-8-16(15)22-17-9-6-10-18(20(17)19)24(21)14-13-23-11-4-1-5-12-23;10-7-5-3-1-2-4-6(5)9-8(7)11;8-4-7-9-5-2-1-3-6-9;7-5-2-1-3-6(8)4-5;/h2-3,6-10H,1,4-5,11-14H2;1-4H,(H,9,10,11);1-8H2;1-4H2;1H4. The summed E-state index contributed by atoms with van der Waals surface area (Å²) < 4.78 is 0. The van der Waals surface area contributed by atoms with E-state index < -0.39 is 11.7 Å². The number of hydrogen-bond acceptors (Lipinski definition) is 9. The summed E-state index contributed by atoms with van der Waals surface area (Å²) in [6, 6.07) is 20.9. The smallest absolute Gasteiger partial charge is 0.296 e. The van der Waals surface area contributed by atoms with Crippen LogP contribution in [0.25, 0.3) is 21.8 Å². The van der Waals surface area contributed by atoms with Gasteiger partial charge in [-0.3, -0.25) is 24.0 Å². The molecule has 3 fully saturated rings. The molecule has 0 atom stereocenters. The van der Waals surface area contributed by atoms with Crippen LogP contribution in [0, 0.1) is 0 Å². The lowest BCUT2D eigenvalue weighted by Gasteiger charge is -2.28. The van der Waals surface area contributed by atoms with Gasteiger partial charge < -0.3 is 25.8 Å². The number of fused-ring (bicyclic) bond motifs is 3. The van der Waals surface area contributed by atoms with Gasteiger partial charge in [0.2, 0.25) is 0 Å². The Morgan fingerprint density at radius 3 is 1.89 bits per heavy atom. The van der Waals surface area contributed by atoms with Crippen molar-refractivity contribution in [3.05, 3.63) is 77.9 Å². The quantitative estimate of drug-likeness (QED) is 0.135. The van der Waals surface area contributed by atoms with Gasteiger partial charge in [0.15, 0.2) is 0 Å². The van der Waals surface area contributed by atoms with E-state index in [1.807, 2.05) is 41.3 Å². The van der Waals surface area contributed by atoms with Gasteiger partial charge in [0.1, 0.15) is 11.6 Å². The molecule has 11 nitrogen and oxygen atoms in total. The number of pyridine rings is 1. The van der Waals surface area contributed by atoms with Crippen LogP contribution >= 0.6 is 0 Å². The monoisotopic (exact) mass is 734 g/mol. The molecule has 0 unspecified atom stereocenters. The Bertz CT molecular complexity index is 1950. The van der Waals surface area contributed by atoms with Crippen molar-refractivity contribution in [1.82, 2.24) is 14.8 Å². The number of rotatable bonds is 5. The summed E-state index contributed by atoms with van der Waals surface area (Å²) >= 11 is 0. The van der Waals surface area contributed by atoms with E-state index in [-0.39, 0.29) is 31.3 Å². The van der Waals surface area contributed by atoms with Gasteiger partial charge in [-0.2, -0.15) is 0 Å². The molecule has 0 bridgehead atoms. The van der Waals surface area contributed by atoms with Gasteiger partial charge in [-0.05, 0) is 88.6 Å². The second-order valence-electron chi connectivity index (χ2n) is 14.2. The second kappa shape index (κ2) is 19.5. The molecule has 3 aromatic carbocycles. The van der Waals surface area contributed by atoms with Crippen LogP contribution in [-0.4, -0.2) is 96.3 Å². The highest BCUT2D eigenvalue weighted by molar-refractivity contribution is 6.51. The topological polar surface area (TPSA) is 146 Å². The number of anilines is 2. The van der Waals surface area contributed by atoms with Crippen molar-refractivity contribution in [3.63, 3.8) is 0 Å². The van der Waals surface area contributed by atoms with Crippen LogP contribution in [0.1, 0.15) is 92.4 Å². The molecule has 4 aromatic rings. The summed E-state index contributed by atoms with van der Waals surface area (Å²) in [6.07, 6.45) is 10.3. The Morgan fingerprint density at radius 2 is 1.26 bits per heavy atom. The van der Waals surface area contributed by atoms with E-state index in [0.717, 1.165) is 78.7 Å². The summed E-state index contributed by atoms with van der Waals surface area (Å²) in [4.78, 5) is 67.6. The first kappa shape index (κ1) is 40.3. The largest absolute Gasteiger partial charge is 0.329 e. The van der Waals surface area contributed by atoms with Gasteiger partial charge in [0.25, 0.3) is 17.6 Å².